The maximum atomic E-state index is 11.4. The lowest BCUT2D eigenvalue weighted by atomic mass is 10.1. The first-order chi connectivity index (χ1) is 9.08. The summed E-state index contributed by atoms with van der Waals surface area (Å²) < 4.78 is 7.23. The Morgan fingerprint density at radius 2 is 2.00 bits per heavy atom. The molecule has 0 saturated heterocycles. The van der Waals surface area contributed by atoms with Crippen LogP contribution in [0.4, 0.5) is 0 Å². The summed E-state index contributed by atoms with van der Waals surface area (Å²) in [7, 11) is 1.58. The average Bonchev–Trinajstić information content (AvgIpc) is 2.83. The SMILES string of the molecule is CNC(=O)c1ccn(COc2cc(C)cc(C)c2)n1. The van der Waals surface area contributed by atoms with Gasteiger partial charge in [-0.2, -0.15) is 5.10 Å². The van der Waals surface area contributed by atoms with Gasteiger partial charge in [-0.3, -0.25) is 4.79 Å². The topological polar surface area (TPSA) is 56.2 Å². The van der Waals surface area contributed by atoms with Gasteiger partial charge in [-0.1, -0.05) is 6.07 Å². The highest BCUT2D eigenvalue weighted by molar-refractivity contribution is 5.91. The molecule has 2 aromatic rings. The van der Waals surface area contributed by atoms with Crippen molar-refractivity contribution in [1.29, 1.82) is 0 Å². The molecule has 1 aromatic heterocycles. The lowest BCUT2D eigenvalue weighted by Gasteiger charge is -2.08. The van der Waals surface area contributed by atoms with Gasteiger partial charge in [-0.25, -0.2) is 4.68 Å². The summed E-state index contributed by atoms with van der Waals surface area (Å²) >= 11 is 0. The molecule has 100 valence electrons. The van der Waals surface area contributed by atoms with Crippen LogP contribution in [0.2, 0.25) is 0 Å². The number of nitrogens with one attached hydrogen (secondary N) is 1. The molecule has 5 heteroatoms. The lowest BCUT2D eigenvalue weighted by molar-refractivity contribution is 0.0956. The molecule has 0 radical (unpaired) electrons. The number of nitrogens with zero attached hydrogens (tertiary/aromatic N) is 2. The summed E-state index contributed by atoms with van der Waals surface area (Å²) in [6.45, 7) is 4.33. The lowest BCUT2D eigenvalue weighted by Crippen LogP contribution is -2.19. The molecule has 19 heavy (non-hydrogen) atoms. The molecular formula is C14H17N3O2. The van der Waals surface area contributed by atoms with Crippen LogP contribution in [0.1, 0.15) is 21.6 Å². The van der Waals surface area contributed by atoms with Gasteiger partial charge < -0.3 is 10.1 Å². The van der Waals surface area contributed by atoms with E-state index >= 15 is 0 Å². The Bertz CT molecular complexity index is 570. The second-order valence-electron chi connectivity index (χ2n) is 4.42. The van der Waals surface area contributed by atoms with Crippen molar-refractivity contribution in [3.8, 4) is 5.75 Å². The molecule has 0 aliphatic heterocycles. The Kier molecular flexibility index (Phi) is 3.85. The molecule has 1 heterocycles. The second-order valence-corrected chi connectivity index (χ2v) is 4.42. The van der Waals surface area contributed by atoms with E-state index in [9.17, 15) is 4.79 Å². The standard InChI is InChI=1S/C14H17N3O2/c1-10-6-11(2)8-12(7-10)19-9-17-5-4-13(16-17)14(18)15-3/h4-8H,9H2,1-3H3,(H,15,18). The van der Waals surface area contributed by atoms with E-state index in [4.69, 9.17) is 4.74 Å². The highest BCUT2D eigenvalue weighted by Crippen LogP contribution is 2.16. The van der Waals surface area contributed by atoms with Crippen molar-refractivity contribution >= 4 is 5.91 Å². The molecule has 1 amide bonds. The van der Waals surface area contributed by atoms with Crippen LogP contribution in [0, 0.1) is 13.8 Å². The third kappa shape index (κ3) is 3.34. The smallest absolute Gasteiger partial charge is 0.271 e. The van der Waals surface area contributed by atoms with E-state index in [0.29, 0.717) is 5.69 Å². The summed E-state index contributed by atoms with van der Waals surface area (Å²) in [5.41, 5.74) is 2.69. The Morgan fingerprint density at radius 3 is 2.63 bits per heavy atom. The first-order valence-corrected chi connectivity index (χ1v) is 6.05. The van der Waals surface area contributed by atoms with Crippen molar-refractivity contribution in [3.63, 3.8) is 0 Å². The minimum absolute atomic E-state index is 0.204. The van der Waals surface area contributed by atoms with Crippen molar-refractivity contribution in [1.82, 2.24) is 15.1 Å². The molecule has 0 fully saturated rings. The molecular weight excluding hydrogens is 242 g/mol. The fraction of sp³-hybridized carbons (Fsp3) is 0.286. The van der Waals surface area contributed by atoms with E-state index in [1.807, 2.05) is 26.0 Å². The summed E-state index contributed by atoms with van der Waals surface area (Å²) in [6, 6.07) is 7.68. The van der Waals surface area contributed by atoms with Crippen molar-refractivity contribution in [2.45, 2.75) is 20.6 Å². The molecule has 0 bridgehead atoms. The van der Waals surface area contributed by atoms with Gasteiger partial charge >= 0.3 is 0 Å². The van der Waals surface area contributed by atoms with Gasteiger partial charge in [-0.15, -0.1) is 0 Å². The molecule has 0 unspecified atom stereocenters. The van der Waals surface area contributed by atoms with Gasteiger partial charge in [0.1, 0.15) is 11.4 Å². The first kappa shape index (κ1) is 13.1. The molecule has 0 aliphatic rings. The number of aryl methyl sites for hydroxylation is 2. The van der Waals surface area contributed by atoms with Crippen LogP contribution >= 0.6 is 0 Å². The molecule has 0 saturated carbocycles. The number of benzene rings is 1. The van der Waals surface area contributed by atoms with E-state index in [2.05, 4.69) is 16.5 Å². The number of hydrogen-bond acceptors (Lipinski definition) is 3. The Morgan fingerprint density at radius 1 is 1.32 bits per heavy atom. The Hall–Kier alpha value is -2.30. The number of hydrogen-bond donors (Lipinski definition) is 1. The van der Waals surface area contributed by atoms with Crippen molar-refractivity contribution in [2.75, 3.05) is 7.05 Å². The van der Waals surface area contributed by atoms with Crippen LogP contribution in [-0.4, -0.2) is 22.7 Å². The highest BCUT2D eigenvalue weighted by Gasteiger charge is 2.07. The average molecular weight is 259 g/mol. The largest absolute Gasteiger partial charge is 0.471 e. The molecule has 5 nitrogen and oxygen atoms in total. The van der Waals surface area contributed by atoms with Crippen LogP contribution in [0.15, 0.2) is 30.5 Å². The summed E-state index contributed by atoms with van der Waals surface area (Å²) in [5.74, 6) is 0.597. The molecule has 0 aliphatic carbocycles. The molecule has 1 N–H and O–H groups in total. The van der Waals surface area contributed by atoms with E-state index in [1.165, 1.54) is 0 Å². The van der Waals surface area contributed by atoms with Crippen molar-refractivity contribution in [2.24, 2.45) is 0 Å². The minimum Gasteiger partial charge on any atom is -0.471 e. The number of carbonyl (C=O) groups is 1. The third-order valence-corrected chi connectivity index (χ3v) is 2.66. The third-order valence-electron chi connectivity index (χ3n) is 2.66. The van der Waals surface area contributed by atoms with Crippen LogP contribution in [-0.2, 0) is 6.73 Å². The second kappa shape index (κ2) is 5.56. The zero-order valence-electron chi connectivity index (χ0n) is 11.3. The number of rotatable bonds is 4. The zero-order chi connectivity index (χ0) is 13.8. The maximum Gasteiger partial charge on any atom is 0.271 e. The zero-order valence-corrected chi connectivity index (χ0v) is 11.3. The number of amides is 1. The minimum atomic E-state index is -0.204. The number of aromatic nitrogens is 2. The molecule has 1 aromatic carbocycles. The van der Waals surface area contributed by atoms with Gasteiger partial charge in [0.25, 0.3) is 5.91 Å². The van der Waals surface area contributed by atoms with Crippen LogP contribution < -0.4 is 10.1 Å². The van der Waals surface area contributed by atoms with Gasteiger partial charge in [0.15, 0.2) is 6.73 Å². The van der Waals surface area contributed by atoms with E-state index in [0.717, 1.165) is 16.9 Å². The van der Waals surface area contributed by atoms with E-state index < -0.39 is 0 Å². The predicted molar refractivity (Wildman–Crippen MR) is 72.2 cm³/mol. The van der Waals surface area contributed by atoms with E-state index in [-0.39, 0.29) is 12.6 Å². The quantitative estimate of drug-likeness (QED) is 0.912. The molecule has 0 atom stereocenters. The normalized spacial score (nSPS) is 10.3. The fourth-order valence-corrected chi connectivity index (χ4v) is 1.84. The summed E-state index contributed by atoms with van der Waals surface area (Å²) in [5, 5.41) is 6.65. The van der Waals surface area contributed by atoms with Gasteiger partial charge in [-0.05, 0) is 43.2 Å². The summed E-state index contributed by atoms with van der Waals surface area (Å²) in [6.07, 6.45) is 1.72. The highest BCUT2D eigenvalue weighted by atomic mass is 16.5. The van der Waals surface area contributed by atoms with Crippen LogP contribution in [0.25, 0.3) is 0 Å². The maximum absolute atomic E-state index is 11.4. The van der Waals surface area contributed by atoms with Crippen molar-refractivity contribution < 1.29 is 9.53 Å². The van der Waals surface area contributed by atoms with Crippen LogP contribution in [0.3, 0.4) is 0 Å². The molecule has 2 rings (SSSR count). The monoisotopic (exact) mass is 259 g/mol. The molecule has 0 spiro atoms. The van der Waals surface area contributed by atoms with E-state index in [1.54, 1.807) is 24.0 Å². The van der Waals surface area contributed by atoms with Crippen LogP contribution in [0.5, 0.6) is 5.75 Å². The summed E-state index contributed by atoms with van der Waals surface area (Å²) in [4.78, 5) is 11.4. The van der Waals surface area contributed by atoms with Gasteiger partial charge in [0, 0.05) is 13.2 Å². The fourth-order valence-electron chi connectivity index (χ4n) is 1.84. The first-order valence-electron chi connectivity index (χ1n) is 6.05. The Labute approximate surface area is 112 Å². The number of carbonyl (C=O) groups excluding carboxylic acids is 1. The number of ether oxygens (including phenoxy) is 1. The van der Waals surface area contributed by atoms with Gasteiger partial charge in [0.05, 0.1) is 0 Å². The van der Waals surface area contributed by atoms with Crippen molar-refractivity contribution in [3.05, 3.63) is 47.3 Å². The Balaban J connectivity index is 2.02. The predicted octanol–water partition coefficient (Wildman–Crippen LogP) is 1.90. The van der Waals surface area contributed by atoms with Gasteiger partial charge in [0.2, 0.25) is 0 Å².